The van der Waals surface area contributed by atoms with Crippen molar-refractivity contribution in [3.63, 3.8) is 0 Å². The van der Waals surface area contributed by atoms with Gasteiger partial charge in [-0.3, -0.25) is 4.79 Å². The summed E-state index contributed by atoms with van der Waals surface area (Å²) in [6.07, 6.45) is 1.29. The van der Waals surface area contributed by atoms with Crippen LogP contribution in [0.15, 0.2) is 0 Å². The largest absolute Gasteiger partial charge is 0.429 e. The maximum absolute atomic E-state index is 10.8. The van der Waals surface area contributed by atoms with E-state index in [4.69, 9.17) is 0 Å². The van der Waals surface area contributed by atoms with E-state index in [-0.39, 0.29) is 5.60 Å². The average molecular weight is 129 g/mol. The molecule has 52 valence electrons. The molecule has 1 rings (SSSR count). The third-order valence-electron chi connectivity index (χ3n) is 1.56. The fourth-order valence-corrected chi connectivity index (χ4v) is 1.11. The van der Waals surface area contributed by atoms with Crippen LogP contribution < -0.4 is 0 Å². The number of ketones is 1. The summed E-state index contributed by atoms with van der Waals surface area (Å²) in [4.78, 5) is 10.8. The predicted octanol–water partition coefficient (Wildman–Crippen LogP) is 0.656. The molecular weight excluding hydrogens is 116 g/mol. The summed E-state index contributed by atoms with van der Waals surface area (Å²) in [5.74, 6) is 0.356. The van der Waals surface area contributed by atoms with Crippen molar-refractivity contribution in [1.82, 2.24) is 0 Å². The zero-order valence-corrected chi connectivity index (χ0v) is 5.98. The molecule has 0 bridgehead atoms. The Hall–Kier alpha value is -0.370. The molecule has 0 aromatic heterocycles. The van der Waals surface area contributed by atoms with Crippen molar-refractivity contribution in [3.8, 4) is 0 Å². The minimum absolute atomic E-state index is 0.0741. The Morgan fingerprint density at radius 2 is 2.22 bits per heavy atom. The molecular formula is C7H13O2+. The molecule has 1 heterocycles. The molecule has 1 aliphatic heterocycles. The number of aliphatic hydroxyl groups is 2. The van der Waals surface area contributed by atoms with Crippen LogP contribution in [0.5, 0.6) is 0 Å². The van der Waals surface area contributed by atoms with Crippen LogP contribution in [0.1, 0.15) is 26.7 Å². The van der Waals surface area contributed by atoms with Crippen molar-refractivity contribution in [2.75, 3.05) is 6.61 Å². The van der Waals surface area contributed by atoms with E-state index in [2.05, 4.69) is 4.74 Å². The summed E-state index contributed by atoms with van der Waals surface area (Å²) in [5.41, 5.74) is -0.0741. The van der Waals surface area contributed by atoms with Gasteiger partial charge in [0.25, 0.3) is 0 Å². The van der Waals surface area contributed by atoms with Crippen LogP contribution in [-0.2, 0) is 4.79 Å². The Morgan fingerprint density at radius 1 is 1.56 bits per heavy atom. The first-order chi connectivity index (χ1) is 4.10. The third kappa shape index (κ3) is 1.79. The SMILES string of the molecule is CC1(C)CC(=O)CC[OH+]1. The maximum atomic E-state index is 10.8. The van der Waals surface area contributed by atoms with Gasteiger partial charge in [0.15, 0.2) is 12.2 Å². The highest BCUT2D eigenvalue weighted by atomic mass is 16.5. The van der Waals surface area contributed by atoms with Crippen molar-refractivity contribution in [2.24, 2.45) is 0 Å². The van der Waals surface area contributed by atoms with Gasteiger partial charge in [-0.05, 0) is 0 Å². The van der Waals surface area contributed by atoms with E-state index in [0.717, 1.165) is 6.61 Å². The fourth-order valence-electron chi connectivity index (χ4n) is 1.11. The van der Waals surface area contributed by atoms with Crippen LogP contribution in [0.2, 0.25) is 0 Å². The first-order valence-corrected chi connectivity index (χ1v) is 3.30. The lowest BCUT2D eigenvalue weighted by atomic mass is 9.97. The molecule has 0 saturated carbocycles. The molecule has 0 unspecified atom stereocenters. The molecule has 9 heavy (non-hydrogen) atoms. The first-order valence-electron chi connectivity index (χ1n) is 3.30. The number of Topliss-reactive ketones (excluding diaryl/α,β-unsaturated/α-hetero) is 1. The summed E-state index contributed by atoms with van der Waals surface area (Å²) in [5, 5.41) is 0. The van der Waals surface area contributed by atoms with Crippen molar-refractivity contribution >= 4 is 5.78 Å². The first kappa shape index (κ1) is 6.75. The van der Waals surface area contributed by atoms with E-state index in [1.807, 2.05) is 13.8 Å². The monoisotopic (exact) mass is 129 g/mol. The lowest BCUT2D eigenvalue weighted by Gasteiger charge is -2.24. The van der Waals surface area contributed by atoms with Crippen LogP contribution in [0.25, 0.3) is 0 Å². The summed E-state index contributed by atoms with van der Waals surface area (Å²) in [6.45, 7) is 4.74. The van der Waals surface area contributed by atoms with Gasteiger partial charge in [0.05, 0.1) is 12.8 Å². The van der Waals surface area contributed by atoms with Gasteiger partial charge in [0.2, 0.25) is 0 Å². The summed E-state index contributed by atoms with van der Waals surface area (Å²) in [6, 6.07) is 0. The number of rotatable bonds is 0. The van der Waals surface area contributed by atoms with Crippen LogP contribution in [0.4, 0.5) is 0 Å². The van der Waals surface area contributed by atoms with Crippen LogP contribution in [0, 0.1) is 0 Å². The second-order valence-electron chi connectivity index (χ2n) is 3.16. The van der Waals surface area contributed by atoms with Gasteiger partial charge >= 0.3 is 0 Å². The maximum Gasteiger partial charge on any atom is 0.165 e. The molecule has 1 saturated heterocycles. The molecule has 1 aliphatic rings. The summed E-state index contributed by atoms with van der Waals surface area (Å²) < 4.78 is 4.29. The highest BCUT2D eigenvalue weighted by Gasteiger charge is 2.31. The molecule has 0 aromatic rings. The van der Waals surface area contributed by atoms with Gasteiger partial charge in [-0.15, -0.1) is 0 Å². The molecule has 1 fully saturated rings. The zero-order chi connectivity index (χ0) is 6.91. The number of carbonyl (C=O) groups excluding carboxylic acids is 1. The highest BCUT2D eigenvalue weighted by Crippen LogP contribution is 2.17. The third-order valence-corrected chi connectivity index (χ3v) is 1.56. The molecule has 0 radical (unpaired) electrons. The molecule has 0 aromatic carbocycles. The topological polar surface area (TPSA) is 29.9 Å². The van der Waals surface area contributed by atoms with E-state index in [1.54, 1.807) is 0 Å². The van der Waals surface area contributed by atoms with Crippen molar-refractivity contribution < 1.29 is 9.53 Å². The Balaban J connectivity index is 2.51. The zero-order valence-electron chi connectivity index (χ0n) is 5.98. The van der Waals surface area contributed by atoms with Crippen molar-refractivity contribution in [3.05, 3.63) is 0 Å². The van der Waals surface area contributed by atoms with E-state index in [1.165, 1.54) is 0 Å². The Kier molecular flexibility index (Phi) is 1.58. The number of hydrogen-bond donors (Lipinski definition) is 0. The lowest BCUT2D eigenvalue weighted by Crippen LogP contribution is -2.37. The normalized spacial score (nSPS) is 26.2. The lowest BCUT2D eigenvalue weighted by molar-refractivity contribution is -0.189. The molecule has 0 amide bonds. The Labute approximate surface area is 55.2 Å². The number of carbonyl (C=O) groups is 1. The van der Waals surface area contributed by atoms with Gasteiger partial charge in [-0.25, -0.2) is 0 Å². The second kappa shape index (κ2) is 2.10. The smallest absolute Gasteiger partial charge is 0.165 e. The van der Waals surface area contributed by atoms with E-state index < -0.39 is 0 Å². The molecule has 1 N–H and O–H groups in total. The molecule has 2 nitrogen and oxygen atoms in total. The molecule has 0 spiro atoms. The Morgan fingerprint density at radius 3 is 2.56 bits per heavy atom. The summed E-state index contributed by atoms with van der Waals surface area (Å²) in [7, 11) is 0. The van der Waals surface area contributed by atoms with Gasteiger partial charge in [-0.2, -0.15) is 0 Å². The van der Waals surface area contributed by atoms with Crippen molar-refractivity contribution in [2.45, 2.75) is 32.3 Å². The van der Waals surface area contributed by atoms with Gasteiger partial charge < -0.3 is 4.74 Å². The minimum atomic E-state index is -0.0741. The number of hydrogen-bond acceptors (Lipinski definition) is 1. The minimum Gasteiger partial charge on any atom is -0.429 e. The van der Waals surface area contributed by atoms with Gasteiger partial charge in [-0.1, -0.05) is 0 Å². The fraction of sp³-hybridized carbons (Fsp3) is 0.857. The van der Waals surface area contributed by atoms with Gasteiger partial charge in [0.1, 0.15) is 5.78 Å². The molecule has 2 heteroatoms. The quantitative estimate of drug-likeness (QED) is 0.442. The standard InChI is InChI=1S/C7H12O2/c1-7(2)5-6(8)3-4-9-7/h3-5H2,1-2H3/p+1. The van der Waals surface area contributed by atoms with Gasteiger partial charge in [0, 0.05) is 13.8 Å². The molecule has 0 atom stereocenters. The predicted molar refractivity (Wildman–Crippen MR) is 35.4 cm³/mol. The second-order valence-corrected chi connectivity index (χ2v) is 3.16. The molecule has 0 aliphatic carbocycles. The van der Waals surface area contributed by atoms with Crippen molar-refractivity contribution in [1.29, 1.82) is 0 Å². The van der Waals surface area contributed by atoms with Crippen LogP contribution in [-0.4, -0.2) is 22.7 Å². The average Bonchev–Trinajstić information content (AvgIpc) is 1.60. The Bertz CT molecular complexity index is 127. The summed E-state index contributed by atoms with van der Waals surface area (Å²) >= 11 is 0. The van der Waals surface area contributed by atoms with Crippen LogP contribution >= 0.6 is 0 Å². The van der Waals surface area contributed by atoms with Crippen LogP contribution in [0.3, 0.4) is 0 Å². The number of ether oxygens (including phenoxy) is 1. The highest BCUT2D eigenvalue weighted by molar-refractivity contribution is 5.79. The van der Waals surface area contributed by atoms with E-state index in [0.29, 0.717) is 18.6 Å². The van der Waals surface area contributed by atoms with E-state index >= 15 is 0 Å². The van der Waals surface area contributed by atoms with E-state index in [9.17, 15) is 4.79 Å².